The van der Waals surface area contributed by atoms with E-state index in [9.17, 15) is 0 Å². The number of anilines is 1. The van der Waals surface area contributed by atoms with Crippen LogP contribution in [0.1, 0.15) is 18.1 Å². The zero-order chi connectivity index (χ0) is 11.7. The van der Waals surface area contributed by atoms with Crippen molar-refractivity contribution in [3.63, 3.8) is 0 Å². The quantitative estimate of drug-likeness (QED) is 0.837. The van der Waals surface area contributed by atoms with Gasteiger partial charge in [-0.05, 0) is 32.9 Å². The highest BCUT2D eigenvalue weighted by Gasteiger charge is 2.08. The minimum absolute atomic E-state index is 0.742. The number of aromatic nitrogens is 2. The average Bonchev–Trinajstić information content (AvgIpc) is 2.58. The number of nitrogen functional groups attached to an aromatic ring is 1. The fourth-order valence-corrected chi connectivity index (χ4v) is 1.93. The molecule has 0 unspecified atom stereocenters. The van der Waals surface area contributed by atoms with E-state index in [1.807, 2.05) is 10.9 Å². The van der Waals surface area contributed by atoms with Crippen LogP contribution in [0.4, 0.5) is 5.69 Å². The van der Waals surface area contributed by atoms with E-state index in [1.165, 1.54) is 11.1 Å². The Balaban J connectivity index is 2.53. The molecule has 3 heteroatoms. The Hall–Kier alpha value is -1.77. The van der Waals surface area contributed by atoms with Crippen molar-refractivity contribution < 1.29 is 0 Å². The van der Waals surface area contributed by atoms with E-state index in [4.69, 9.17) is 5.73 Å². The summed E-state index contributed by atoms with van der Waals surface area (Å²) in [5.41, 5.74) is 11.2. The lowest BCUT2D eigenvalue weighted by atomic mass is 10.0. The molecule has 0 bridgehead atoms. The minimum atomic E-state index is 0.742. The molecule has 0 radical (unpaired) electrons. The first kappa shape index (κ1) is 10.7. The van der Waals surface area contributed by atoms with Crippen LogP contribution in [0.15, 0.2) is 24.4 Å². The van der Waals surface area contributed by atoms with Gasteiger partial charge in [-0.3, -0.25) is 4.68 Å². The van der Waals surface area contributed by atoms with Crippen LogP contribution in [0.25, 0.3) is 11.3 Å². The second-order valence-electron chi connectivity index (χ2n) is 4.17. The predicted molar refractivity (Wildman–Crippen MR) is 67.2 cm³/mol. The van der Waals surface area contributed by atoms with E-state index in [-0.39, 0.29) is 0 Å². The zero-order valence-electron chi connectivity index (χ0n) is 9.99. The van der Waals surface area contributed by atoms with Gasteiger partial charge in [-0.1, -0.05) is 17.2 Å². The molecule has 84 valence electrons. The standard InChI is InChI=1S/C13H17N3/c1-4-16-8-12(14)13(15-16)11-6-9(2)5-10(3)7-11/h5-8H,4,14H2,1-3H3. The molecule has 3 nitrogen and oxygen atoms in total. The summed E-state index contributed by atoms with van der Waals surface area (Å²) in [5.74, 6) is 0. The van der Waals surface area contributed by atoms with Crippen LogP contribution in [-0.2, 0) is 6.54 Å². The van der Waals surface area contributed by atoms with Gasteiger partial charge in [0.2, 0.25) is 0 Å². The van der Waals surface area contributed by atoms with Gasteiger partial charge < -0.3 is 5.73 Å². The fourth-order valence-electron chi connectivity index (χ4n) is 1.93. The summed E-state index contributed by atoms with van der Waals surface area (Å²) >= 11 is 0. The van der Waals surface area contributed by atoms with Gasteiger partial charge in [0.25, 0.3) is 0 Å². The van der Waals surface area contributed by atoms with Crippen molar-refractivity contribution in [2.75, 3.05) is 5.73 Å². The summed E-state index contributed by atoms with van der Waals surface area (Å²) in [4.78, 5) is 0. The van der Waals surface area contributed by atoms with E-state index in [0.717, 1.165) is 23.5 Å². The van der Waals surface area contributed by atoms with Gasteiger partial charge in [0.05, 0.1) is 5.69 Å². The Morgan fingerprint density at radius 2 is 1.81 bits per heavy atom. The maximum atomic E-state index is 5.97. The lowest BCUT2D eigenvalue weighted by Crippen LogP contribution is -1.94. The highest BCUT2D eigenvalue weighted by molar-refractivity contribution is 5.72. The zero-order valence-corrected chi connectivity index (χ0v) is 9.99. The van der Waals surface area contributed by atoms with Crippen molar-refractivity contribution >= 4 is 5.69 Å². The number of aryl methyl sites for hydroxylation is 3. The van der Waals surface area contributed by atoms with E-state index in [2.05, 4.69) is 44.1 Å². The smallest absolute Gasteiger partial charge is 0.115 e. The van der Waals surface area contributed by atoms with Crippen LogP contribution in [0, 0.1) is 13.8 Å². The van der Waals surface area contributed by atoms with Crippen molar-refractivity contribution in [1.82, 2.24) is 9.78 Å². The van der Waals surface area contributed by atoms with Gasteiger partial charge in [0.15, 0.2) is 0 Å². The van der Waals surface area contributed by atoms with Crippen LogP contribution in [0.5, 0.6) is 0 Å². The average molecular weight is 215 g/mol. The molecule has 0 fully saturated rings. The van der Waals surface area contributed by atoms with Crippen LogP contribution in [-0.4, -0.2) is 9.78 Å². The third-order valence-electron chi connectivity index (χ3n) is 2.61. The van der Waals surface area contributed by atoms with Gasteiger partial charge in [-0.15, -0.1) is 0 Å². The Kier molecular flexibility index (Phi) is 2.69. The minimum Gasteiger partial charge on any atom is -0.396 e. The van der Waals surface area contributed by atoms with Crippen molar-refractivity contribution in [2.24, 2.45) is 0 Å². The topological polar surface area (TPSA) is 43.8 Å². The summed E-state index contributed by atoms with van der Waals surface area (Å²) in [6, 6.07) is 6.38. The van der Waals surface area contributed by atoms with Gasteiger partial charge in [-0.2, -0.15) is 5.10 Å². The Bertz CT molecular complexity index is 492. The summed E-state index contributed by atoms with van der Waals surface area (Å²) < 4.78 is 1.86. The molecular formula is C13H17N3. The molecule has 0 saturated carbocycles. The van der Waals surface area contributed by atoms with E-state index < -0.39 is 0 Å². The molecule has 2 rings (SSSR count). The molecule has 0 aliphatic heterocycles. The van der Waals surface area contributed by atoms with Gasteiger partial charge in [0.1, 0.15) is 5.69 Å². The maximum absolute atomic E-state index is 5.97. The molecule has 2 aromatic rings. The normalized spacial score (nSPS) is 10.7. The van der Waals surface area contributed by atoms with E-state index in [1.54, 1.807) is 0 Å². The van der Waals surface area contributed by atoms with Crippen molar-refractivity contribution in [3.8, 4) is 11.3 Å². The van der Waals surface area contributed by atoms with E-state index >= 15 is 0 Å². The summed E-state index contributed by atoms with van der Waals surface area (Å²) in [5, 5.41) is 4.47. The predicted octanol–water partition coefficient (Wildman–Crippen LogP) is 2.77. The van der Waals surface area contributed by atoms with Gasteiger partial charge in [-0.25, -0.2) is 0 Å². The summed E-state index contributed by atoms with van der Waals surface area (Å²) in [6.07, 6.45) is 1.88. The molecule has 0 saturated heterocycles. The molecule has 2 N–H and O–H groups in total. The Labute approximate surface area is 95.9 Å². The van der Waals surface area contributed by atoms with Crippen molar-refractivity contribution in [3.05, 3.63) is 35.5 Å². The maximum Gasteiger partial charge on any atom is 0.115 e. The highest BCUT2D eigenvalue weighted by atomic mass is 15.3. The van der Waals surface area contributed by atoms with Crippen LogP contribution >= 0.6 is 0 Å². The molecule has 16 heavy (non-hydrogen) atoms. The molecule has 0 spiro atoms. The van der Waals surface area contributed by atoms with Gasteiger partial charge in [0, 0.05) is 18.3 Å². The third-order valence-corrected chi connectivity index (χ3v) is 2.61. The summed E-state index contributed by atoms with van der Waals surface area (Å²) in [6.45, 7) is 7.07. The molecule has 0 aliphatic carbocycles. The van der Waals surface area contributed by atoms with Crippen LogP contribution in [0.3, 0.4) is 0 Å². The first-order chi connectivity index (χ1) is 7.60. The Morgan fingerprint density at radius 3 is 2.31 bits per heavy atom. The van der Waals surface area contributed by atoms with Crippen LogP contribution < -0.4 is 5.73 Å². The number of hydrogen-bond donors (Lipinski definition) is 1. The molecule has 1 aromatic heterocycles. The second kappa shape index (κ2) is 4.00. The SMILES string of the molecule is CCn1cc(N)c(-c2cc(C)cc(C)c2)n1. The molecule has 1 aromatic carbocycles. The number of benzene rings is 1. The Morgan fingerprint density at radius 1 is 1.19 bits per heavy atom. The number of rotatable bonds is 2. The summed E-state index contributed by atoms with van der Waals surface area (Å²) in [7, 11) is 0. The van der Waals surface area contributed by atoms with Crippen molar-refractivity contribution in [2.45, 2.75) is 27.3 Å². The first-order valence-corrected chi connectivity index (χ1v) is 5.51. The lowest BCUT2D eigenvalue weighted by Gasteiger charge is -2.03. The molecular weight excluding hydrogens is 198 g/mol. The third kappa shape index (κ3) is 1.94. The van der Waals surface area contributed by atoms with Crippen molar-refractivity contribution in [1.29, 1.82) is 0 Å². The number of nitrogens with zero attached hydrogens (tertiary/aromatic N) is 2. The van der Waals surface area contributed by atoms with E-state index in [0.29, 0.717) is 0 Å². The molecule has 1 heterocycles. The lowest BCUT2D eigenvalue weighted by molar-refractivity contribution is 0.662. The number of nitrogens with two attached hydrogens (primary N) is 1. The second-order valence-corrected chi connectivity index (χ2v) is 4.17. The molecule has 0 amide bonds. The largest absolute Gasteiger partial charge is 0.396 e. The van der Waals surface area contributed by atoms with Crippen LogP contribution in [0.2, 0.25) is 0 Å². The fraction of sp³-hybridized carbons (Fsp3) is 0.308. The first-order valence-electron chi connectivity index (χ1n) is 5.51. The molecule has 0 aliphatic rings. The highest BCUT2D eigenvalue weighted by Crippen LogP contribution is 2.25. The van der Waals surface area contributed by atoms with Gasteiger partial charge >= 0.3 is 0 Å². The molecule has 0 atom stereocenters. The monoisotopic (exact) mass is 215 g/mol. The number of hydrogen-bond acceptors (Lipinski definition) is 2.